The molecule has 0 aliphatic heterocycles. The van der Waals surface area contributed by atoms with Gasteiger partial charge in [-0.25, -0.2) is 0 Å². The van der Waals surface area contributed by atoms with Gasteiger partial charge in [-0.05, 0) is 74.2 Å². The Morgan fingerprint density at radius 3 is 2.11 bits per heavy atom. The maximum absolute atomic E-state index is 12.4. The molecule has 27 heavy (non-hydrogen) atoms. The number of aryl methyl sites for hydroxylation is 1. The molecular weight excluding hydrogens is 356 g/mol. The summed E-state index contributed by atoms with van der Waals surface area (Å²) in [5.41, 5.74) is 7.93. The highest BCUT2D eigenvalue weighted by Gasteiger charge is 2.51. The lowest BCUT2D eigenvalue weighted by atomic mass is 9.49. The largest absolute Gasteiger partial charge is 0.273 e. The maximum atomic E-state index is 12.4. The Kier molecular flexibility index (Phi) is 5.49. The van der Waals surface area contributed by atoms with Crippen molar-refractivity contribution in [1.29, 1.82) is 0 Å². The fourth-order valence-corrected chi connectivity index (χ4v) is 6.80. The summed E-state index contributed by atoms with van der Waals surface area (Å²) in [7, 11) is 0. The molecule has 0 spiro atoms. The van der Waals surface area contributed by atoms with E-state index in [2.05, 4.69) is 42.0 Å². The van der Waals surface area contributed by atoms with E-state index >= 15 is 0 Å². The van der Waals surface area contributed by atoms with Crippen LogP contribution in [0.15, 0.2) is 24.3 Å². The van der Waals surface area contributed by atoms with Crippen LogP contribution in [-0.4, -0.2) is 17.6 Å². The zero-order valence-corrected chi connectivity index (χ0v) is 16.9. The molecule has 1 aromatic rings. The highest BCUT2D eigenvalue weighted by Crippen LogP contribution is 2.61. The van der Waals surface area contributed by atoms with Gasteiger partial charge in [0, 0.05) is 12.2 Å². The Morgan fingerprint density at radius 1 is 0.963 bits per heavy atom. The summed E-state index contributed by atoms with van der Waals surface area (Å²) in [5.74, 6) is 3.53. The minimum absolute atomic E-state index is 0.0196. The van der Waals surface area contributed by atoms with E-state index in [0.717, 1.165) is 23.5 Å². The molecule has 0 aromatic heterocycles. The van der Waals surface area contributed by atoms with E-state index < -0.39 is 0 Å². The Hall–Kier alpha value is -1.49. The van der Waals surface area contributed by atoms with Gasteiger partial charge in [-0.3, -0.25) is 20.4 Å². The van der Waals surface area contributed by atoms with Crippen molar-refractivity contribution in [1.82, 2.24) is 10.9 Å². The fraction of sp³-hybridized carbons (Fsp3) is 0.636. The van der Waals surface area contributed by atoms with Gasteiger partial charge < -0.3 is 0 Å². The van der Waals surface area contributed by atoms with E-state index in [1.807, 2.05) is 0 Å². The van der Waals surface area contributed by atoms with Gasteiger partial charge in [-0.2, -0.15) is 0 Å². The van der Waals surface area contributed by atoms with E-state index in [4.69, 9.17) is 0 Å². The van der Waals surface area contributed by atoms with Crippen LogP contribution in [0.1, 0.15) is 56.1 Å². The molecule has 4 aliphatic carbocycles. The molecule has 4 saturated carbocycles. The lowest BCUT2D eigenvalue weighted by Crippen LogP contribution is -2.50. The minimum Gasteiger partial charge on any atom is -0.273 e. The number of hydrogen-bond acceptors (Lipinski definition) is 3. The number of amides is 2. The van der Waals surface area contributed by atoms with Crippen LogP contribution < -0.4 is 10.9 Å². The number of carbonyl (C=O) groups is 2. The van der Waals surface area contributed by atoms with Crippen LogP contribution >= 0.6 is 11.8 Å². The van der Waals surface area contributed by atoms with Crippen molar-refractivity contribution in [2.45, 2.75) is 57.6 Å². The molecule has 0 saturated heterocycles. The van der Waals surface area contributed by atoms with Gasteiger partial charge in [0.15, 0.2) is 0 Å². The monoisotopic (exact) mass is 386 g/mol. The molecule has 4 bridgehead atoms. The smallest absolute Gasteiger partial charge is 0.248 e. The predicted molar refractivity (Wildman–Crippen MR) is 109 cm³/mol. The topological polar surface area (TPSA) is 58.2 Å². The van der Waals surface area contributed by atoms with Crippen LogP contribution in [0.3, 0.4) is 0 Å². The number of benzene rings is 1. The first-order valence-corrected chi connectivity index (χ1v) is 11.4. The average Bonchev–Trinajstić information content (AvgIpc) is 2.60. The first-order chi connectivity index (χ1) is 13.0. The number of thioether (sulfide) groups is 1. The van der Waals surface area contributed by atoms with Crippen LogP contribution in [0, 0.1) is 30.1 Å². The van der Waals surface area contributed by atoms with Crippen LogP contribution in [-0.2, 0) is 15.3 Å². The second-order valence-electron chi connectivity index (χ2n) is 9.17. The second kappa shape index (κ2) is 7.86. The third-order valence-electron chi connectivity index (χ3n) is 6.66. The molecule has 5 heteroatoms. The van der Waals surface area contributed by atoms with Crippen molar-refractivity contribution < 1.29 is 9.59 Å². The number of rotatable bonds is 6. The SMILES string of the molecule is Cc1ccc(CSCC(=O)NNC(=O)CC23CC4CC(CC(C4)C2)C3)cc1. The van der Waals surface area contributed by atoms with Crippen molar-refractivity contribution in [3.63, 3.8) is 0 Å². The average molecular weight is 387 g/mol. The number of hydrogen-bond donors (Lipinski definition) is 2. The lowest BCUT2D eigenvalue weighted by molar-refractivity contribution is -0.133. The lowest BCUT2D eigenvalue weighted by Gasteiger charge is -2.56. The summed E-state index contributed by atoms with van der Waals surface area (Å²) in [6, 6.07) is 8.35. The molecule has 2 N–H and O–H groups in total. The molecule has 1 aromatic carbocycles. The third kappa shape index (κ3) is 4.68. The van der Waals surface area contributed by atoms with E-state index in [0.29, 0.717) is 12.2 Å². The summed E-state index contributed by atoms with van der Waals surface area (Å²) >= 11 is 1.56. The van der Waals surface area contributed by atoms with E-state index in [9.17, 15) is 9.59 Å². The summed E-state index contributed by atoms with van der Waals surface area (Å²) in [4.78, 5) is 24.4. The molecule has 0 radical (unpaired) electrons. The molecule has 0 atom stereocenters. The fourth-order valence-electron chi connectivity index (χ4n) is 6.01. The van der Waals surface area contributed by atoms with Crippen molar-refractivity contribution >= 4 is 23.6 Å². The first kappa shape index (κ1) is 18.9. The van der Waals surface area contributed by atoms with Gasteiger partial charge in [-0.15, -0.1) is 11.8 Å². The van der Waals surface area contributed by atoms with Gasteiger partial charge in [-0.1, -0.05) is 29.8 Å². The first-order valence-electron chi connectivity index (χ1n) is 10.2. The normalized spacial score (nSPS) is 30.9. The van der Waals surface area contributed by atoms with Crippen molar-refractivity contribution in [3.05, 3.63) is 35.4 Å². The van der Waals surface area contributed by atoms with Crippen molar-refractivity contribution in [2.75, 3.05) is 5.75 Å². The molecule has 0 heterocycles. The summed E-state index contributed by atoms with van der Waals surface area (Å²) in [6.45, 7) is 2.07. The Labute approximate surface area is 166 Å². The summed E-state index contributed by atoms with van der Waals surface area (Å²) < 4.78 is 0. The van der Waals surface area contributed by atoms with E-state index in [1.165, 1.54) is 49.7 Å². The second-order valence-corrected chi connectivity index (χ2v) is 10.2. The minimum atomic E-state index is -0.133. The highest BCUT2D eigenvalue weighted by atomic mass is 32.2. The van der Waals surface area contributed by atoms with E-state index in [-0.39, 0.29) is 17.2 Å². The summed E-state index contributed by atoms with van der Waals surface area (Å²) in [5, 5.41) is 0. The standard InChI is InChI=1S/C22H30N2O2S/c1-15-2-4-16(5-3-15)13-27-14-21(26)24-23-20(25)12-22-9-17-6-18(10-22)8-19(7-17)11-22/h2-5,17-19H,6-14H2,1H3,(H,23,25)(H,24,26). The van der Waals surface area contributed by atoms with Gasteiger partial charge in [0.1, 0.15) is 0 Å². The zero-order chi connectivity index (χ0) is 18.9. The molecule has 4 aliphatic rings. The number of nitrogens with one attached hydrogen (secondary N) is 2. The third-order valence-corrected chi connectivity index (χ3v) is 7.67. The summed E-state index contributed by atoms with van der Waals surface area (Å²) in [6.07, 6.45) is 8.38. The van der Waals surface area contributed by atoms with Crippen molar-refractivity contribution in [2.24, 2.45) is 23.2 Å². The van der Waals surface area contributed by atoms with Crippen LogP contribution in [0.25, 0.3) is 0 Å². The maximum Gasteiger partial charge on any atom is 0.248 e. The van der Waals surface area contributed by atoms with Crippen LogP contribution in [0.2, 0.25) is 0 Å². The molecule has 4 fully saturated rings. The molecule has 0 unspecified atom stereocenters. The highest BCUT2D eigenvalue weighted by molar-refractivity contribution is 7.99. The van der Waals surface area contributed by atoms with Crippen LogP contribution in [0.5, 0.6) is 0 Å². The molecule has 5 rings (SSSR count). The van der Waals surface area contributed by atoms with E-state index in [1.54, 1.807) is 11.8 Å². The van der Waals surface area contributed by atoms with Gasteiger partial charge in [0.2, 0.25) is 11.8 Å². The predicted octanol–water partition coefficient (Wildman–Crippen LogP) is 3.98. The van der Waals surface area contributed by atoms with Crippen LogP contribution in [0.4, 0.5) is 0 Å². The quantitative estimate of drug-likeness (QED) is 0.727. The zero-order valence-electron chi connectivity index (χ0n) is 16.1. The molecule has 4 nitrogen and oxygen atoms in total. The number of hydrazine groups is 1. The molecule has 2 amide bonds. The Bertz CT molecular complexity index is 665. The van der Waals surface area contributed by atoms with Gasteiger partial charge >= 0.3 is 0 Å². The van der Waals surface area contributed by atoms with Crippen molar-refractivity contribution in [3.8, 4) is 0 Å². The Balaban J connectivity index is 1.17. The molecule has 146 valence electrons. The Morgan fingerprint density at radius 2 is 1.52 bits per heavy atom. The van der Waals surface area contributed by atoms with Gasteiger partial charge in [0.05, 0.1) is 5.75 Å². The molecular formula is C22H30N2O2S. The van der Waals surface area contributed by atoms with Gasteiger partial charge in [0.25, 0.3) is 0 Å². The number of carbonyl (C=O) groups excluding carboxylic acids is 2.